The quantitative estimate of drug-likeness (QED) is 0.313. The van der Waals surface area contributed by atoms with Gasteiger partial charge in [-0.3, -0.25) is 4.79 Å². The second-order valence-electron chi connectivity index (χ2n) is 6.53. The van der Waals surface area contributed by atoms with Crippen molar-refractivity contribution in [3.63, 3.8) is 0 Å². The van der Waals surface area contributed by atoms with Gasteiger partial charge >= 0.3 is 5.97 Å². The van der Waals surface area contributed by atoms with Crippen LogP contribution in [0, 0.1) is 5.92 Å². The van der Waals surface area contributed by atoms with Gasteiger partial charge in [0.05, 0.1) is 6.61 Å². The van der Waals surface area contributed by atoms with Crippen LogP contribution in [0.25, 0.3) is 0 Å². The number of aliphatic hydroxyl groups excluding tert-OH is 4. The van der Waals surface area contributed by atoms with Gasteiger partial charge in [0.2, 0.25) is 0 Å². The SMILES string of the molecule is CCC(C)(CCCC(C)C)OC(=O)C(=O)C(O)C(O)C(O)CO. The lowest BCUT2D eigenvalue weighted by atomic mass is 9.93. The van der Waals surface area contributed by atoms with Gasteiger partial charge in [-0.25, -0.2) is 4.79 Å². The standard InChI is InChI=1S/C16H30O7/c1-5-16(4,8-6-7-10(2)3)23-15(22)14(21)13(20)12(19)11(18)9-17/h10-13,17-20H,5-9H2,1-4H3. The monoisotopic (exact) mass is 334 g/mol. The van der Waals surface area contributed by atoms with Crippen LogP contribution in [-0.4, -0.2) is 62.7 Å². The van der Waals surface area contributed by atoms with Gasteiger partial charge in [0.1, 0.15) is 17.8 Å². The normalized spacial score (nSPS) is 18.1. The number of esters is 1. The summed E-state index contributed by atoms with van der Waals surface area (Å²) in [6, 6.07) is 0. The molecule has 0 aromatic carbocycles. The van der Waals surface area contributed by atoms with Crippen molar-refractivity contribution in [2.24, 2.45) is 5.92 Å². The maximum atomic E-state index is 11.9. The number of aliphatic hydroxyl groups is 4. The Morgan fingerprint density at radius 1 is 1.17 bits per heavy atom. The van der Waals surface area contributed by atoms with E-state index < -0.39 is 42.3 Å². The van der Waals surface area contributed by atoms with Gasteiger partial charge in [-0.15, -0.1) is 0 Å². The van der Waals surface area contributed by atoms with Gasteiger partial charge in [-0.2, -0.15) is 0 Å². The lowest BCUT2D eigenvalue weighted by Gasteiger charge is -2.29. The molecule has 0 fully saturated rings. The molecule has 0 saturated carbocycles. The van der Waals surface area contributed by atoms with Crippen molar-refractivity contribution >= 4 is 11.8 Å². The zero-order chi connectivity index (χ0) is 18.2. The summed E-state index contributed by atoms with van der Waals surface area (Å²) in [6.07, 6.45) is -2.93. The summed E-state index contributed by atoms with van der Waals surface area (Å²) in [4.78, 5) is 23.7. The predicted octanol–water partition coefficient (Wildman–Crippen LogP) is 0.169. The topological polar surface area (TPSA) is 124 Å². The van der Waals surface area contributed by atoms with Crippen molar-refractivity contribution in [2.45, 2.75) is 77.3 Å². The Morgan fingerprint density at radius 3 is 2.17 bits per heavy atom. The molecule has 0 aliphatic rings. The molecular weight excluding hydrogens is 304 g/mol. The van der Waals surface area contributed by atoms with Crippen LogP contribution in [-0.2, 0) is 14.3 Å². The van der Waals surface area contributed by atoms with Gasteiger partial charge in [0, 0.05) is 0 Å². The van der Waals surface area contributed by atoms with E-state index in [9.17, 15) is 24.9 Å². The second-order valence-corrected chi connectivity index (χ2v) is 6.53. The van der Waals surface area contributed by atoms with E-state index in [0.717, 1.165) is 12.8 Å². The molecule has 0 aliphatic heterocycles. The van der Waals surface area contributed by atoms with Crippen LogP contribution >= 0.6 is 0 Å². The molecule has 136 valence electrons. The van der Waals surface area contributed by atoms with Crippen LogP contribution in [0.2, 0.25) is 0 Å². The molecule has 4 unspecified atom stereocenters. The number of carbonyl (C=O) groups is 2. The van der Waals surface area contributed by atoms with Gasteiger partial charge in [-0.05, 0) is 32.1 Å². The summed E-state index contributed by atoms with van der Waals surface area (Å²) in [5, 5.41) is 37.0. The summed E-state index contributed by atoms with van der Waals surface area (Å²) in [5.41, 5.74) is -0.831. The van der Waals surface area contributed by atoms with E-state index in [4.69, 9.17) is 9.84 Å². The fourth-order valence-electron chi connectivity index (χ4n) is 2.05. The van der Waals surface area contributed by atoms with Crippen molar-refractivity contribution in [1.82, 2.24) is 0 Å². The molecular formula is C16H30O7. The van der Waals surface area contributed by atoms with E-state index >= 15 is 0 Å². The van der Waals surface area contributed by atoms with Crippen LogP contribution in [0.4, 0.5) is 0 Å². The Kier molecular flexibility index (Phi) is 9.53. The molecule has 0 rings (SSSR count). The average molecular weight is 334 g/mol. The van der Waals surface area contributed by atoms with Crippen molar-refractivity contribution < 1.29 is 34.8 Å². The first kappa shape index (κ1) is 22.0. The average Bonchev–Trinajstić information content (AvgIpc) is 2.51. The minimum atomic E-state index is -2.14. The summed E-state index contributed by atoms with van der Waals surface area (Å²) in [6.45, 7) is 6.87. The first-order chi connectivity index (χ1) is 10.6. The number of hydrogen-bond acceptors (Lipinski definition) is 7. The number of Topliss-reactive ketones (excluding diaryl/α,β-unsaturated/α-hetero) is 1. The maximum absolute atomic E-state index is 11.9. The number of carbonyl (C=O) groups excluding carboxylic acids is 2. The highest BCUT2D eigenvalue weighted by molar-refractivity contribution is 6.35. The van der Waals surface area contributed by atoms with Crippen LogP contribution < -0.4 is 0 Å². The zero-order valence-electron chi connectivity index (χ0n) is 14.4. The maximum Gasteiger partial charge on any atom is 0.378 e. The smallest absolute Gasteiger partial charge is 0.378 e. The Bertz CT molecular complexity index is 383. The fourth-order valence-corrected chi connectivity index (χ4v) is 2.05. The minimum absolute atomic E-state index is 0.502. The van der Waals surface area contributed by atoms with E-state index in [-0.39, 0.29) is 0 Å². The van der Waals surface area contributed by atoms with Crippen molar-refractivity contribution in [2.75, 3.05) is 6.61 Å². The third-order valence-electron chi connectivity index (χ3n) is 3.95. The molecule has 0 spiro atoms. The van der Waals surface area contributed by atoms with E-state index in [0.29, 0.717) is 18.8 Å². The summed E-state index contributed by atoms with van der Waals surface area (Å²) >= 11 is 0. The molecule has 4 N–H and O–H groups in total. The van der Waals surface area contributed by atoms with Crippen molar-refractivity contribution in [3.05, 3.63) is 0 Å². The molecule has 0 heterocycles. The molecule has 0 bridgehead atoms. The molecule has 4 atom stereocenters. The van der Waals surface area contributed by atoms with Crippen LogP contribution in [0.1, 0.15) is 53.4 Å². The van der Waals surface area contributed by atoms with Crippen molar-refractivity contribution in [3.8, 4) is 0 Å². The molecule has 0 aliphatic carbocycles. The van der Waals surface area contributed by atoms with Crippen LogP contribution in [0.15, 0.2) is 0 Å². The molecule has 0 radical (unpaired) electrons. The van der Waals surface area contributed by atoms with E-state index in [1.54, 1.807) is 6.92 Å². The first-order valence-electron chi connectivity index (χ1n) is 8.00. The summed E-state index contributed by atoms with van der Waals surface area (Å²) in [7, 11) is 0. The number of ketones is 1. The van der Waals surface area contributed by atoms with Crippen molar-refractivity contribution in [1.29, 1.82) is 0 Å². The largest absolute Gasteiger partial charge is 0.454 e. The molecule has 0 aromatic rings. The number of rotatable bonds is 11. The third kappa shape index (κ3) is 7.39. The predicted molar refractivity (Wildman–Crippen MR) is 83.6 cm³/mol. The van der Waals surface area contributed by atoms with E-state index in [1.807, 2.05) is 6.92 Å². The fraction of sp³-hybridized carbons (Fsp3) is 0.875. The van der Waals surface area contributed by atoms with E-state index in [1.165, 1.54) is 0 Å². The molecule has 0 amide bonds. The van der Waals surface area contributed by atoms with E-state index in [2.05, 4.69) is 13.8 Å². The molecule has 7 nitrogen and oxygen atoms in total. The van der Waals surface area contributed by atoms with Gasteiger partial charge in [-0.1, -0.05) is 27.2 Å². The summed E-state index contributed by atoms with van der Waals surface area (Å²) < 4.78 is 5.21. The lowest BCUT2D eigenvalue weighted by molar-refractivity contribution is -0.173. The molecule has 7 heteroatoms. The molecule has 23 heavy (non-hydrogen) atoms. The zero-order valence-corrected chi connectivity index (χ0v) is 14.4. The van der Waals surface area contributed by atoms with Crippen LogP contribution in [0.3, 0.4) is 0 Å². The Balaban J connectivity index is 4.71. The van der Waals surface area contributed by atoms with Gasteiger partial charge in [0.25, 0.3) is 5.78 Å². The van der Waals surface area contributed by atoms with Gasteiger partial charge in [0.15, 0.2) is 6.10 Å². The molecule has 0 saturated heterocycles. The third-order valence-corrected chi connectivity index (χ3v) is 3.95. The van der Waals surface area contributed by atoms with Crippen LogP contribution in [0.5, 0.6) is 0 Å². The Hall–Kier alpha value is -1.02. The highest BCUT2D eigenvalue weighted by atomic mass is 16.6. The number of ether oxygens (including phenoxy) is 1. The Morgan fingerprint density at radius 2 is 1.74 bits per heavy atom. The molecule has 0 aromatic heterocycles. The van der Waals surface area contributed by atoms with Gasteiger partial charge < -0.3 is 25.2 Å². The first-order valence-corrected chi connectivity index (χ1v) is 8.00. The minimum Gasteiger partial charge on any atom is -0.454 e. The second kappa shape index (κ2) is 9.97. The summed E-state index contributed by atoms with van der Waals surface area (Å²) in [5.74, 6) is -2.07. The highest BCUT2D eigenvalue weighted by Gasteiger charge is 2.37. The lowest BCUT2D eigenvalue weighted by Crippen LogP contribution is -2.48. The highest BCUT2D eigenvalue weighted by Crippen LogP contribution is 2.24. The Labute approximate surface area is 137 Å². The number of hydrogen-bond donors (Lipinski definition) is 4.